The van der Waals surface area contributed by atoms with Gasteiger partial charge in [0.2, 0.25) is 0 Å². The molecule has 1 aliphatic rings. The number of piperidine rings is 1. The molecular formula is C7H17N4+. The molecular weight excluding hydrogens is 140 g/mol. The van der Waals surface area contributed by atoms with Crippen molar-refractivity contribution in [2.45, 2.75) is 18.9 Å². The van der Waals surface area contributed by atoms with Crippen molar-refractivity contribution in [3.05, 3.63) is 0 Å². The first-order valence-electron chi connectivity index (χ1n) is 4.04. The SMILES string of the molecule is CNC1CC[N+](=C(N)N)CC1. The highest BCUT2D eigenvalue weighted by Gasteiger charge is 2.16. The molecule has 0 aromatic rings. The highest BCUT2D eigenvalue weighted by atomic mass is 15.1. The van der Waals surface area contributed by atoms with E-state index in [9.17, 15) is 0 Å². The summed E-state index contributed by atoms with van der Waals surface area (Å²) in [5.41, 5.74) is 10.9. The first kappa shape index (κ1) is 8.33. The van der Waals surface area contributed by atoms with Gasteiger partial charge in [-0.3, -0.25) is 16.0 Å². The van der Waals surface area contributed by atoms with Crippen LogP contribution < -0.4 is 16.8 Å². The molecule has 0 spiro atoms. The van der Waals surface area contributed by atoms with Crippen molar-refractivity contribution in [1.82, 2.24) is 5.32 Å². The zero-order valence-corrected chi connectivity index (χ0v) is 7.01. The second-order valence-corrected chi connectivity index (χ2v) is 2.97. The van der Waals surface area contributed by atoms with Crippen LogP contribution in [0.15, 0.2) is 0 Å². The van der Waals surface area contributed by atoms with Gasteiger partial charge in [-0.2, -0.15) is 0 Å². The fourth-order valence-corrected chi connectivity index (χ4v) is 1.43. The van der Waals surface area contributed by atoms with Crippen molar-refractivity contribution in [2.24, 2.45) is 11.5 Å². The van der Waals surface area contributed by atoms with Gasteiger partial charge in [-0.05, 0) is 19.9 Å². The van der Waals surface area contributed by atoms with Crippen LogP contribution >= 0.6 is 0 Å². The summed E-state index contributed by atoms with van der Waals surface area (Å²) < 4.78 is 2.02. The molecule has 64 valence electrons. The minimum atomic E-state index is 0.458. The van der Waals surface area contributed by atoms with Crippen molar-refractivity contribution in [3.63, 3.8) is 0 Å². The van der Waals surface area contributed by atoms with Crippen LogP contribution in [0.2, 0.25) is 0 Å². The first-order valence-corrected chi connectivity index (χ1v) is 4.04. The van der Waals surface area contributed by atoms with E-state index >= 15 is 0 Å². The number of nitrogens with one attached hydrogen (secondary N) is 1. The molecule has 0 bridgehead atoms. The second kappa shape index (κ2) is 3.57. The molecule has 1 fully saturated rings. The molecule has 0 aliphatic carbocycles. The van der Waals surface area contributed by atoms with E-state index in [0.29, 0.717) is 12.0 Å². The van der Waals surface area contributed by atoms with E-state index in [2.05, 4.69) is 5.32 Å². The van der Waals surface area contributed by atoms with Crippen LogP contribution in [0, 0.1) is 0 Å². The van der Waals surface area contributed by atoms with Gasteiger partial charge in [-0.25, -0.2) is 0 Å². The van der Waals surface area contributed by atoms with Gasteiger partial charge in [0, 0.05) is 6.04 Å². The fourth-order valence-electron chi connectivity index (χ4n) is 1.43. The van der Waals surface area contributed by atoms with Crippen LogP contribution in [0.25, 0.3) is 0 Å². The molecule has 1 rings (SSSR count). The molecule has 0 unspecified atom stereocenters. The van der Waals surface area contributed by atoms with E-state index in [1.54, 1.807) is 0 Å². The molecule has 0 aromatic heterocycles. The maximum Gasteiger partial charge on any atom is 0.341 e. The molecule has 0 amide bonds. The standard InChI is InChI=1S/C7H16N4/c1-10-6-2-4-11(5-3-6)7(8)9/h6,10H,2-5H2,1H3,(H3,8,9)/p+1. The third-order valence-corrected chi connectivity index (χ3v) is 2.27. The second-order valence-electron chi connectivity index (χ2n) is 2.97. The Balaban J connectivity index is 2.42. The normalized spacial score (nSPS) is 25.2. The summed E-state index contributed by atoms with van der Waals surface area (Å²) in [6.07, 6.45) is 2.27. The molecule has 1 aliphatic heterocycles. The summed E-state index contributed by atoms with van der Waals surface area (Å²) in [6, 6.07) is 0.644. The number of rotatable bonds is 1. The molecule has 11 heavy (non-hydrogen) atoms. The summed E-state index contributed by atoms with van der Waals surface area (Å²) >= 11 is 0. The minimum absolute atomic E-state index is 0.458. The monoisotopic (exact) mass is 157 g/mol. The Hall–Kier alpha value is -0.770. The maximum absolute atomic E-state index is 5.45. The van der Waals surface area contributed by atoms with Gasteiger partial charge >= 0.3 is 5.96 Å². The van der Waals surface area contributed by atoms with E-state index in [1.807, 2.05) is 11.6 Å². The quantitative estimate of drug-likeness (QED) is 0.326. The Labute approximate surface area is 67.3 Å². The van der Waals surface area contributed by atoms with Crippen molar-refractivity contribution >= 4 is 5.96 Å². The highest BCUT2D eigenvalue weighted by molar-refractivity contribution is 5.70. The molecule has 4 heteroatoms. The van der Waals surface area contributed by atoms with Gasteiger partial charge in [-0.15, -0.1) is 0 Å². The molecule has 1 heterocycles. The van der Waals surface area contributed by atoms with Gasteiger partial charge in [-0.1, -0.05) is 0 Å². The predicted octanol–water partition coefficient (Wildman–Crippen LogP) is -1.35. The molecule has 5 N–H and O–H groups in total. The van der Waals surface area contributed by atoms with Gasteiger partial charge in [0.05, 0.1) is 13.1 Å². The van der Waals surface area contributed by atoms with Crippen molar-refractivity contribution in [2.75, 3.05) is 20.1 Å². The average molecular weight is 157 g/mol. The van der Waals surface area contributed by atoms with E-state index in [1.165, 1.54) is 0 Å². The summed E-state index contributed by atoms with van der Waals surface area (Å²) in [7, 11) is 2.00. The molecule has 1 saturated heterocycles. The molecule has 0 saturated carbocycles. The maximum atomic E-state index is 5.45. The molecule has 4 nitrogen and oxygen atoms in total. The first-order chi connectivity index (χ1) is 5.24. The lowest BCUT2D eigenvalue weighted by molar-refractivity contribution is -0.540. The topological polar surface area (TPSA) is 67.1 Å². The van der Waals surface area contributed by atoms with Crippen LogP contribution in [-0.4, -0.2) is 36.7 Å². The third-order valence-electron chi connectivity index (χ3n) is 2.27. The summed E-state index contributed by atoms with van der Waals surface area (Å²) in [4.78, 5) is 0. The van der Waals surface area contributed by atoms with E-state index in [0.717, 1.165) is 25.9 Å². The smallest absolute Gasteiger partial charge is 0.317 e. The zero-order chi connectivity index (χ0) is 8.27. The van der Waals surface area contributed by atoms with Crippen molar-refractivity contribution in [3.8, 4) is 0 Å². The Morgan fingerprint density at radius 1 is 1.36 bits per heavy atom. The number of guanidine groups is 1. The van der Waals surface area contributed by atoms with Crippen molar-refractivity contribution in [1.29, 1.82) is 0 Å². The largest absolute Gasteiger partial charge is 0.341 e. The number of nitrogens with zero attached hydrogens (tertiary/aromatic N) is 1. The average Bonchev–Trinajstić information content (AvgIpc) is 2.05. The third kappa shape index (κ3) is 2.08. The Kier molecular flexibility index (Phi) is 2.70. The fraction of sp³-hybridized carbons (Fsp3) is 0.857. The lowest BCUT2D eigenvalue weighted by Gasteiger charge is -2.23. The molecule has 0 atom stereocenters. The lowest BCUT2D eigenvalue weighted by Crippen LogP contribution is -2.44. The number of hydrogen-bond donors (Lipinski definition) is 3. The van der Waals surface area contributed by atoms with Gasteiger partial charge < -0.3 is 5.32 Å². The van der Waals surface area contributed by atoms with Crippen LogP contribution in [0.5, 0.6) is 0 Å². The summed E-state index contributed by atoms with van der Waals surface area (Å²) in [5, 5.41) is 3.25. The van der Waals surface area contributed by atoms with Gasteiger partial charge in [0.15, 0.2) is 0 Å². The van der Waals surface area contributed by atoms with Crippen LogP contribution in [0.4, 0.5) is 0 Å². The van der Waals surface area contributed by atoms with Crippen LogP contribution in [0.1, 0.15) is 12.8 Å². The molecule has 0 radical (unpaired) electrons. The van der Waals surface area contributed by atoms with Crippen LogP contribution in [-0.2, 0) is 0 Å². The van der Waals surface area contributed by atoms with E-state index < -0.39 is 0 Å². The predicted molar refractivity (Wildman–Crippen MR) is 45.5 cm³/mol. The van der Waals surface area contributed by atoms with E-state index in [-0.39, 0.29) is 0 Å². The summed E-state index contributed by atoms with van der Waals surface area (Å²) in [6.45, 7) is 1.96. The summed E-state index contributed by atoms with van der Waals surface area (Å²) in [5.74, 6) is 0.458. The van der Waals surface area contributed by atoms with Crippen molar-refractivity contribution < 1.29 is 4.58 Å². The Bertz CT molecular complexity index is 150. The Morgan fingerprint density at radius 3 is 2.27 bits per heavy atom. The van der Waals surface area contributed by atoms with Gasteiger partial charge in [0.1, 0.15) is 0 Å². The minimum Gasteiger partial charge on any atom is -0.317 e. The number of nitrogens with two attached hydrogens (primary N) is 2. The van der Waals surface area contributed by atoms with Gasteiger partial charge in [0.25, 0.3) is 0 Å². The molecule has 0 aromatic carbocycles. The highest BCUT2D eigenvalue weighted by Crippen LogP contribution is 2.04. The van der Waals surface area contributed by atoms with Crippen LogP contribution in [0.3, 0.4) is 0 Å². The zero-order valence-electron chi connectivity index (χ0n) is 7.01. The Morgan fingerprint density at radius 2 is 1.91 bits per heavy atom. The number of hydrogen-bond acceptors (Lipinski definition) is 1. The lowest BCUT2D eigenvalue weighted by atomic mass is 10.1. The van der Waals surface area contributed by atoms with E-state index in [4.69, 9.17) is 11.5 Å².